The third-order valence-corrected chi connectivity index (χ3v) is 4.82. The maximum Gasteiger partial charge on any atom is 0.0376 e. The maximum atomic E-state index is 3.67. The first kappa shape index (κ1) is 12.0. The molecule has 0 saturated heterocycles. The normalized spacial score (nSPS) is 23.5. The number of fused-ring (bicyclic) bond motifs is 1. The van der Waals surface area contributed by atoms with E-state index in [1.54, 1.807) is 0 Å². The second-order valence-corrected chi connectivity index (χ2v) is 5.98. The number of rotatable bonds is 6. The molecule has 1 aliphatic heterocycles. The van der Waals surface area contributed by atoms with Crippen LogP contribution in [0.4, 0.5) is 5.69 Å². The van der Waals surface area contributed by atoms with E-state index in [0.717, 1.165) is 13.1 Å². The van der Waals surface area contributed by atoms with Gasteiger partial charge in [-0.15, -0.1) is 0 Å². The average molecular weight is 244 g/mol. The van der Waals surface area contributed by atoms with Crippen molar-refractivity contribution in [2.45, 2.75) is 38.5 Å². The van der Waals surface area contributed by atoms with Gasteiger partial charge in [0.05, 0.1) is 0 Å². The monoisotopic (exact) mass is 244 g/mol. The fourth-order valence-corrected chi connectivity index (χ4v) is 3.08. The van der Waals surface area contributed by atoms with Crippen LogP contribution < -0.4 is 10.6 Å². The molecule has 1 unspecified atom stereocenters. The summed E-state index contributed by atoms with van der Waals surface area (Å²) in [6.07, 6.45) is 5.46. The van der Waals surface area contributed by atoms with E-state index in [1.807, 2.05) is 0 Å². The van der Waals surface area contributed by atoms with Gasteiger partial charge in [0.15, 0.2) is 0 Å². The van der Waals surface area contributed by atoms with Gasteiger partial charge in [-0.2, -0.15) is 0 Å². The molecule has 1 aromatic rings. The summed E-state index contributed by atoms with van der Waals surface area (Å²) in [5.74, 6) is 0.700. The summed E-state index contributed by atoms with van der Waals surface area (Å²) in [6, 6.07) is 8.74. The first-order valence-corrected chi connectivity index (χ1v) is 7.36. The number of hydrogen-bond acceptors (Lipinski definition) is 2. The van der Waals surface area contributed by atoms with Crippen molar-refractivity contribution in [1.82, 2.24) is 5.32 Å². The molecule has 0 bridgehead atoms. The first-order chi connectivity index (χ1) is 8.83. The van der Waals surface area contributed by atoms with Crippen molar-refractivity contribution in [1.29, 1.82) is 0 Å². The quantitative estimate of drug-likeness (QED) is 0.750. The Bertz CT molecular complexity index is 409. The molecule has 1 fully saturated rings. The second-order valence-electron chi connectivity index (χ2n) is 5.98. The number of hydrogen-bond donors (Lipinski definition) is 2. The topological polar surface area (TPSA) is 24.1 Å². The number of anilines is 1. The lowest BCUT2D eigenvalue weighted by Crippen LogP contribution is -2.25. The van der Waals surface area contributed by atoms with Crippen LogP contribution in [0, 0.1) is 5.41 Å². The fourth-order valence-electron chi connectivity index (χ4n) is 3.08. The summed E-state index contributed by atoms with van der Waals surface area (Å²) in [6.45, 7) is 5.82. The molecular formula is C16H24N2. The summed E-state index contributed by atoms with van der Waals surface area (Å²) < 4.78 is 0. The second kappa shape index (κ2) is 4.93. The van der Waals surface area contributed by atoms with E-state index in [4.69, 9.17) is 0 Å². The van der Waals surface area contributed by atoms with E-state index in [0.29, 0.717) is 11.3 Å². The summed E-state index contributed by atoms with van der Waals surface area (Å²) in [5.41, 5.74) is 3.52. The smallest absolute Gasteiger partial charge is 0.0376 e. The zero-order chi connectivity index (χ0) is 12.4. The lowest BCUT2D eigenvalue weighted by molar-refractivity contribution is 0.436. The SMILES string of the molecule is CCC1(CNCCC2CNc3ccccc32)CC1. The van der Waals surface area contributed by atoms with Gasteiger partial charge in [-0.05, 0) is 49.3 Å². The summed E-state index contributed by atoms with van der Waals surface area (Å²) >= 11 is 0. The molecule has 1 saturated carbocycles. The highest BCUT2D eigenvalue weighted by molar-refractivity contribution is 5.57. The lowest BCUT2D eigenvalue weighted by Gasteiger charge is -2.15. The van der Waals surface area contributed by atoms with Gasteiger partial charge < -0.3 is 10.6 Å². The van der Waals surface area contributed by atoms with Crippen LogP contribution in [0.1, 0.15) is 44.1 Å². The predicted molar refractivity (Wildman–Crippen MR) is 77.1 cm³/mol. The summed E-state index contributed by atoms with van der Waals surface area (Å²) in [7, 11) is 0. The Balaban J connectivity index is 1.45. The van der Waals surface area contributed by atoms with E-state index >= 15 is 0 Å². The van der Waals surface area contributed by atoms with Crippen LogP contribution in [0.2, 0.25) is 0 Å². The summed E-state index contributed by atoms with van der Waals surface area (Å²) in [5, 5.41) is 7.17. The van der Waals surface area contributed by atoms with E-state index in [2.05, 4.69) is 41.8 Å². The molecule has 0 spiro atoms. The standard InChI is InChI=1S/C16H24N2/c1-2-16(8-9-16)12-17-10-7-13-11-18-15-6-4-3-5-14(13)15/h3-6,13,17-18H,2,7-12H2,1H3. The van der Waals surface area contributed by atoms with Crippen LogP contribution in [-0.2, 0) is 0 Å². The minimum atomic E-state index is 0.672. The number of benzene rings is 1. The predicted octanol–water partition coefficient (Wildman–Crippen LogP) is 3.37. The molecule has 18 heavy (non-hydrogen) atoms. The highest BCUT2D eigenvalue weighted by Gasteiger charge is 2.39. The molecule has 2 aliphatic rings. The van der Waals surface area contributed by atoms with Gasteiger partial charge in [-0.3, -0.25) is 0 Å². The van der Waals surface area contributed by atoms with Crippen molar-refractivity contribution >= 4 is 5.69 Å². The Morgan fingerprint density at radius 1 is 1.33 bits per heavy atom. The molecule has 1 heterocycles. The zero-order valence-electron chi connectivity index (χ0n) is 11.3. The molecule has 1 aliphatic carbocycles. The highest BCUT2D eigenvalue weighted by Crippen LogP contribution is 2.47. The Morgan fingerprint density at radius 2 is 2.17 bits per heavy atom. The van der Waals surface area contributed by atoms with Crippen molar-refractivity contribution in [3.63, 3.8) is 0 Å². The van der Waals surface area contributed by atoms with Crippen molar-refractivity contribution in [2.24, 2.45) is 5.41 Å². The number of para-hydroxylation sites is 1. The summed E-state index contributed by atoms with van der Waals surface area (Å²) in [4.78, 5) is 0. The molecule has 2 heteroatoms. The molecular weight excluding hydrogens is 220 g/mol. The van der Waals surface area contributed by atoms with Gasteiger partial charge in [0.25, 0.3) is 0 Å². The maximum absolute atomic E-state index is 3.67. The molecule has 1 atom stereocenters. The zero-order valence-corrected chi connectivity index (χ0v) is 11.3. The Kier molecular flexibility index (Phi) is 3.29. The van der Waals surface area contributed by atoms with Crippen molar-refractivity contribution in [2.75, 3.05) is 25.0 Å². The van der Waals surface area contributed by atoms with Gasteiger partial charge in [-0.25, -0.2) is 0 Å². The van der Waals surface area contributed by atoms with Crippen molar-refractivity contribution in [3.8, 4) is 0 Å². The van der Waals surface area contributed by atoms with Crippen LogP contribution in [0.3, 0.4) is 0 Å². The molecule has 0 radical (unpaired) electrons. The fraction of sp³-hybridized carbons (Fsp3) is 0.625. The van der Waals surface area contributed by atoms with Crippen molar-refractivity contribution in [3.05, 3.63) is 29.8 Å². The molecule has 0 amide bonds. The number of nitrogens with one attached hydrogen (secondary N) is 2. The molecule has 98 valence electrons. The van der Waals surface area contributed by atoms with Crippen LogP contribution in [0.25, 0.3) is 0 Å². The van der Waals surface area contributed by atoms with Crippen LogP contribution >= 0.6 is 0 Å². The van der Waals surface area contributed by atoms with Gasteiger partial charge in [0, 0.05) is 24.7 Å². The molecule has 0 aromatic heterocycles. The van der Waals surface area contributed by atoms with Crippen LogP contribution in [0.5, 0.6) is 0 Å². The molecule has 2 N–H and O–H groups in total. The third-order valence-electron chi connectivity index (χ3n) is 4.82. The van der Waals surface area contributed by atoms with Crippen molar-refractivity contribution < 1.29 is 0 Å². The van der Waals surface area contributed by atoms with Gasteiger partial charge in [-0.1, -0.05) is 25.1 Å². The first-order valence-electron chi connectivity index (χ1n) is 7.36. The third kappa shape index (κ3) is 2.39. The van der Waals surface area contributed by atoms with Crippen LogP contribution in [-0.4, -0.2) is 19.6 Å². The lowest BCUT2D eigenvalue weighted by atomic mass is 9.97. The van der Waals surface area contributed by atoms with Crippen LogP contribution in [0.15, 0.2) is 24.3 Å². The minimum Gasteiger partial charge on any atom is -0.384 e. The highest BCUT2D eigenvalue weighted by atomic mass is 14.9. The molecule has 2 nitrogen and oxygen atoms in total. The van der Waals surface area contributed by atoms with E-state index in [1.165, 1.54) is 43.5 Å². The Hall–Kier alpha value is -1.02. The average Bonchev–Trinajstić information content (AvgIpc) is 3.09. The van der Waals surface area contributed by atoms with E-state index in [-0.39, 0.29) is 0 Å². The Morgan fingerprint density at radius 3 is 2.94 bits per heavy atom. The Labute approximate surface area is 110 Å². The molecule has 1 aromatic carbocycles. The van der Waals surface area contributed by atoms with E-state index < -0.39 is 0 Å². The van der Waals surface area contributed by atoms with E-state index in [9.17, 15) is 0 Å². The minimum absolute atomic E-state index is 0.672. The largest absolute Gasteiger partial charge is 0.384 e. The molecule has 3 rings (SSSR count). The van der Waals surface area contributed by atoms with Gasteiger partial charge in [0.1, 0.15) is 0 Å². The van der Waals surface area contributed by atoms with Gasteiger partial charge >= 0.3 is 0 Å². The van der Waals surface area contributed by atoms with Gasteiger partial charge in [0.2, 0.25) is 0 Å².